The molecule has 0 aliphatic rings. The molecule has 0 aliphatic carbocycles. The Kier molecular flexibility index (Phi) is 8.62. The van der Waals surface area contributed by atoms with Crippen LogP contribution in [0.25, 0.3) is 33.6 Å². The maximum atomic E-state index is 4.45. The van der Waals surface area contributed by atoms with Crippen LogP contribution in [0.2, 0.25) is 0 Å². The van der Waals surface area contributed by atoms with Crippen LogP contribution in [0.4, 0.5) is 0 Å². The first-order valence-corrected chi connectivity index (χ1v) is 10.2. The van der Waals surface area contributed by atoms with Crippen molar-refractivity contribution in [3.63, 3.8) is 0 Å². The third-order valence-electron chi connectivity index (χ3n) is 4.75. The zero-order valence-corrected chi connectivity index (χ0v) is 20.1. The Morgan fingerprint density at radius 2 is 1.34 bits per heavy atom. The van der Waals surface area contributed by atoms with Gasteiger partial charge in [-0.1, -0.05) is 54.6 Å². The molecule has 1 radical (unpaired) electrons. The van der Waals surface area contributed by atoms with Gasteiger partial charge in [0.1, 0.15) is 0 Å². The van der Waals surface area contributed by atoms with Gasteiger partial charge in [0.2, 0.25) is 0 Å². The number of benzene rings is 3. The fourth-order valence-corrected chi connectivity index (χ4v) is 3.13. The van der Waals surface area contributed by atoms with Crippen molar-refractivity contribution in [1.29, 1.82) is 0 Å². The van der Waals surface area contributed by atoms with Crippen molar-refractivity contribution in [2.45, 2.75) is 6.92 Å². The van der Waals surface area contributed by atoms with Gasteiger partial charge in [-0.15, -0.1) is 71.3 Å². The molecular formula is C29H22IrN2-2. The summed E-state index contributed by atoms with van der Waals surface area (Å²) in [7, 11) is 0. The zero-order chi connectivity index (χ0) is 21.3. The second-order valence-electron chi connectivity index (χ2n) is 7.07. The maximum Gasteiger partial charge on any atom is 0.0190 e. The van der Waals surface area contributed by atoms with Crippen LogP contribution in [-0.4, -0.2) is 9.97 Å². The summed E-state index contributed by atoms with van der Waals surface area (Å²) in [5.41, 5.74) is 7.57. The normalized spacial score (nSPS) is 9.78. The molecule has 0 saturated carbocycles. The van der Waals surface area contributed by atoms with Crippen LogP contribution in [-0.2, 0) is 20.1 Å². The van der Waals surface area contributed by atoms with E-state index in [1.54, 1.807) is 6.20 Å². The van der Waals surface area contributed by atoms with Gasteiger partial charge in [0.05, 0.1) is 0 Å². The smallest absolute Gasteiger partial charge is 0.0190 e. The summed E-state index contributed by atoms with van der Waals surface area (Å²) in [4.78, 5) is 8.67. The molecule has 0 N–H and O–H groups in total. The minimum absolute atomic E-state index is 0. The number of pyridine rings is 2. The maximum absolute atomic E-state index is 4.45. The molecule has 0 saturated heterocycles. The molecule has 3 heteroatoms. The summed E-state index contributed by atoms with van der Waals surface area (Å²) in [6, 6.07) is 40.7. The molecule has 5 aromatic rings. The summed E-state index contributed by atoms with van der Waals surface area (Å²) >= 11 is 0. The first kappa shape index (κ1) is 23.3. The molecule has 2 aromatic heterocycles. The largest absolute Gasteiger partial charge is 0.305 e. The van der Waals surface area contributed by atoms with Gasteiger partial charge in [0.25, 0.3) is 0 Å². The Hall–Kier alpha value is -3.39. The summed E-state index contributed by atoms with van der Waals surface area (Å²) in [6.07, 6.45) is 3.68. The van der Waals surface area contributed by atoms with Gasteiger partial charge in [0.15, 0.2) is 0 Å². The number of hydrogen-bond donors (Lipinski definition) is 0. The van der Waals surface area contributed by atoms with Crippen LogP contribution in [0, 0.1) is 19.1 Å². The topological polar surface area (TPSA) is 25.8 Å². The Morgan fingerprint density at radius 1 is 0.594 bits per heavy atom. The Labute approximate surface area is 203 Å². The van der Waals surface area contributed by atoms with Crippen molar-refractivity contribution in [3.8, 4) is 33.6 Å². The summed E-state index contributed by atoms with van der Waals surface area (Å²) in [5.74, 6) is 0. The van der Waals surface area contributed by atoms with E-state index >= 15 is 0 Å². The first-order chi connectivity index (χ1) is 15.3. The predicted molar refractivity (Wildman–Crippen MR) is 127 cm³/mol. The van der Waals surface area contributed by atoms with Crippen LogP contribution >= 0.6 is 0 Å². The fourth-order valence-electron chi connectivity index (χ4n) is 3.13. The third-order valence-corrected chi connectivity index (χ3v) is 4.75. The van der Waals surface area contributed by atoms with Crippen LogP contribution in [0.1, 0.15) is 5.56 Å². The Balaban J connectivity index is 0.000000193. The standard InChI is InChI=1S/C18H14N.C11H8N.Ir/c1-14-10-11-18(19-13-14)17-9-5-8-16(12-17)15-6-3-2-4-7-15;1-2-6-10(7-3-1)11-8-4-5-9-12-11;/h2-8,10-13H,1H3;1-6,8-9H;/q2*-1;. The number of rotatable bonds is 3. The van der Waals surface area contributed by atoms with E-state index in [0.29, 0.717) is 0 Å². The molecule has 5 rings (SSSR count). The molecule has 3 aromatic carbocycles. The SMILES string of the molecule is Cc1ccc(-c2[c-]ccc(-c3ccccc3)c2)nc1.[Ir].[c-]1ccccc1-c1ccccn1. The average molecular weight is 591 g/mol. The van der Waals surface area contributed by atoms with Crippen molar-refractivity contribution in [1.82, 2.24) is 9.97 Å². The first-order valence-electron chi connectivity index (χ1n) is 10.2. The van der Waals surface area contributed by atoms with E-state index in [4.69, 9.17) is 0 Å². The van der Waals surface area contributed by atoms with E-state index in [1.807, 2.05) is 73.8 Å². The zero-order valence-electron chi connectivity index (χ0n) is 17.7. The van der Waals surface area contributed by atoms with Gasteiger partial charge in [0, 0.05) is 32.5 Å². The molecule has 0 aliphatic heterocycles. The van der Waals surface area contributed by atoms with E-state index in [9.17, 15) is 0 Å². The number of aromatic nitrogens is 2. The monoisotopic (exact) mass is 591 g/mol. The van der Waals surface area contributed by atoms with Gasteiger partial charge in [-0.2, -0.15) is 0 Å². The third kappa shape index (κ3) is 6.31. The van der Waals surface area contributed by atoms with E-state index < -0.39 is 0 Å². The van der Waals surface area contributed by atoms with E-state index in [1.165, 1.54) is 16.7 Å². The van der Waals surface area contributed by atoms with E-state index in [-0.39, 0.29) is 20.1 Å². The molecule has 0 bridgehead atoms. The minimum atomic E-state index is 0. The number of aryl methyl sites for hydroxylation is 1. The van der Waals surface area contributed by atoms with Gasteiger partial charge in [-0.05, 0) is 35.5 Å². The van der Waals surface area contributed by atoms with Crippen molar-refractivity contribution in [2.24, 2.45) is 0 Å². The van der Waals surface area contributed by atoms with Crippen LogP contribution < -0.4 is 0 Å². The molecule has 0 spiro atoms. The molecule has 159 valence electrons. The summed E-state index contributed by atoms with van der Waals surface area (Å²) < 4.78 is 0. The molecule has 32 heavy (non-hydrogen) atoms. The van der Waals surface area contributed by atoms with E-state index in [2.05, 4.69) is 64.6 Å². The predicted octanol–water partition coefficient (Wildman–Crippen LogP) is 7.07. The number of hydrogen-bond acceptors (Lipinski definition) is 2. The van der Waals surface area contributed by atoms with Crippen molar-refractivity contribution >= 4 is 0 Å². The molecule has 0 unspecified atom stereocenters. The summed E-state index contributed by atoms with van der Waals surface area (Å²) in [6.45, 7) is 2.04. The molecular weight excluding hydrogens is 569 g/mol. The summed E-state index contributed by atoms with van der Waals surface area (Å²) in [5, 5.41) is 0. The van der Waals surface area contributed by atoms with Crippen molar-refractivity contribution in [3.05, 3.63) is 133 Å². The van der Waals surface area contributed by atoms with Gasteiger partial charge >= 0.3 is 0 Å². The second kappa shape index (κ2) is 11.9. The van der Waals surface area contributed by atoms with Gasteiger partial charge in [-0.3, -0.25) is 0 Å². The molecule has 2 nitrogen and oxygen atoms in total. The van der Waals surface area contributed by atoms with Crippen molar-refractivity contribution < 1.29 is 20.1 Å². The molecule has 0 amide bonds. The number of nitrogens with zero attached hydrogens (tertiary/aromatic N) is 2. The van der Waals surface area contributed by atoms with Crippen LogP contribution in [0.3, 0.4) is 0 Å². The van der Waals surface area contributed by atoms with Crippen LogP contribution in [0.5, 0.6) is 0 Å². The van der Waals surface area contributed by atoms with Gasteiger partial charge in [-0.25, -0.2) is 0 Å². The van der Waals surface area contributed by atoms with E-state index in [0.717, 1.165) is 22.5 Å². The average Bonchev–Trinajstić information content (AvgIpc) is 2.87. The minimum Gasteiger partial charge on any atom is -0.305 e. The molecule has 2 heterocycles. The fraction of sp³-hybridized carbons (Fsp3) is 0.0345. The van der Waals surface area contributed by atoms with Crippen molar-refractivity contribution in [2.75, 3.05) is 0 Å². The Morgan fingerprint density at radius 3 is 2.03 bits per heavy atom. The quantitative estimate of drug-likeness (QED) is 0.210. The molecule has 0 fully saturated rings. The van der Waals surface area contributed by atoms with Gasteiger partial charge < -0.3 is 9.97 Å². The Bertz CT molecular complexity index is 1170. The van der Waals surface area contributed by atoms with Crippen LogP contribution in [0.15, 0.2) is 116 Å². The molecule has 0 atom stereocenters. The second-order valence-corrected chi connectivity index (χ2v) is 7.07.